The summed E-state index contributed by atoms with van der Waals surface area (Å²) >= 11 is 3.29. The average molecular weight is 521 g/mol. The molecule has 1 aliphatic heterocycles. The fraction of sp³-hybridized carbons (Fsp3) is 0.182. The number of hydrogen-bond acceptors (Lipinski definition) is 4. The van der Waals surface area contributed by atoms with Crippen molar-refractivity contribution in [1.29, 1.82) is 0 Å². The smallest absolute Gasteiger partial charge is 0.261 e. The van der Waals surface area contributed by atoms with Gasteiger partial charge in [-0.3, -0.25) is 4.72 Å². The van der Waals surface area contributed by atoms with Crippen LogP contribution in [-0.2, 0) is 33.0 Å². The highest BCUT2D eigenvalue weighted by Crippen LogP contribution is 2.28. The van der Waals surface area contributed by atoms with E-state index < -0.39 is 20.0 Å². The molecule has 4 rings (SSSR count). The third-order valence-electron chi connectivity index (χ3n) is 5.22. The molecule has 1 aliphatic rings. The van der Waals surface area contributed by atoms with Gasteiger partial charge in [0.1, 0.15) is 0 Å². The molecule has 0 aromatic heterocycles. The molecule has 0 radical (unpaired) electrons. The van der Waals surface area contributed by atoms with E-state index in [1.807, 2.05) is 13.0 Å². The molecule has 0 spiro atoms. The van der Waals surface area contributed by atoms with Crippen molar-refractivity contribution in [2.45, 2.75) is 29.7 Å². The van der Waals surface area contributed by atoms with Crippen LogP contribution in [-0.4, -0.2) is 27.7 Å². The number of nitrogens with one attached hydrogen (secondary N) is 1. The highest BCUT2D eigenvalue weighted by atomic mass is 79.9. The standard InChI is InChI=1S/C22H21BrN2O4S2/c1-16-2-8-22(9-3-16)31(28,29)25-13-12-17-4-7-20(14-18(17)15-25)24-30(26,27)21-10-5-19(23)6-11-21/h2-11,14,24H,12-13,15H2,1H3. The van der Waals surface area contributed by atoms with Crippen LogP contribution in [0.4, 0.5) is 5.69 Å². The maximum absolute atomic E-state index is 13.0. The summed E-state index contributed by atoms with van der Waals surface area (Å²) in [6, 6.07) is 18.4. The molecule has 31 heavy (non-hydrogen) atoms. The molecule has 162 valence electrons. The van der Waals surface area contributed by atoms with Gasteiger partial charge in [-0.2, -0.15) is 4.31 Å². The van der Waals surface area contributed by atoms with Crippen LogP contribution in [0.25, 0.3) is 0 Å². The molecule has 3 aromatic carbocycles. The minimum absolute atomic E-state index is 0.150. The lowest BCUT2D eigenvalue weighted by Crippen LogP contribution is -2.36. The zero-order valence-corrected chi connectivity index (χ0v) is 20.0. The monoisotopic (exact) mass is 520 g/mol. The van der Waals surface area contributed by atoms with Crippen molar-refractivity contribution in [1.82, 2.24) is 4.31 Å². The van der Waals surface area contributed by atoms with E-state index in [1.165, 1.54) is 16.4 Å². The van der Waals surface area contributed by atoms with Crippen LogP contribution in [0.1, 0.15) is 16.7 Å². The quantitative estimate of drug-likeness (QED) is 0.543. The minimum Gasteiger partial charge on any atom is -0.280 e. The summed E-state index contributed by atoms with van der Waals surface area (Å²) in [5.74, 6) is 0. The maximum Gasteiger partial charge on any atom is 0.261 e. The van der Waals surface area contributed by atoms with Gasteiger partial charge in [-0.05, 0) is 73.0 Å². The summed E-state index contributed by atoms with van der Waals surface area (Å²) in [5, 5.41) is 0. The van der Waals surface area contributed by atoms with Gasteiger partial charge in [-0.25, -0.2) is 16.8 Å². The van der Waals surface area contributed by atoms with E-state index in [4.69, 9.17) is 0 Å². The fourth-order valence-corrected chi connectivity index (χ4v) is 6.22. The summed E-state index contributed by atoms with van der Waals surface area (Å²) in [7, 11) is -7.37. The number of fused-ring (bicyclic) bond motifs is 1. The van der Waals surface area contributed by atoms with Gasteiger partial charge >= 0.3 is 0 Å². The number of sulfonamides is 2. The number of anilines is 1. The molecular formula is C22H21BrN2O4S2. The Morgan fingerprint density at radius 2 is 1.48 bits per heavy atom. The van der Waals surface area contributed by atoms with Crippen molar-refractivity contribution in [3.8, 4) is 0 Å². The Balaban J connectivity index is 1.58. The number of aryl methyl sites for hydroxylation is 1. The summed E-state index contributed by atoms with van der Waals surface area (Å²) in [4.78, 5) is 0.408. The van der Waals surface area contributed by atoms with E-state index >= 15 is 0 Å². The first-order valence-corrected chi connectivity index (χ1v) is 13.3. The number of hydrogen-bond donors (Lipinski definition) is 1. The number of benzene rings is 3. The van der Waals surface area contributed by atoms with E-state index in [0.29, 0.717) is 18.7 Å². The Morgan fingerprint density at radius 3 is 2.16 bits per heavy atom. The van der Waals surface area contributed by atoms with Gasteiger partial charge in [0.2, 0.25) is 10.0 Å². The molecule has 0 saturated heterocycles. The molecule has 0 saturated carbocycles. The normalized spacial score (nSPS) is 14.8. The van der Waals surface area contributed by atoms with Gasteiger partial charge in [0.25, 0.3) is 10.0 Å². The second-order valence-corrected chi connectivity index (χ2v) is 12.0. The second kappa shape index (κ2) is 8.38. The molecule has 6 nitrogen and oxygen atoms in total. The largest absolute Gasteiger partial charge is 0.280 e. The Bertz CT molecular complexity index is 1320. The van der Waals surface area contributed by atoms with E-state index in [-0.39, 0.29) is 16.3 Å². The van der Waals surface area contributed by atoms with Gasteiger partial charge in [-0.1, -0.05) is 39.7 Å². The molecule has 0 atom stereocenters. The molecule has 0 fully saturated rings. The molecule has 1 N–H and O–H groups in total. The lowest BCUT2D eigenvalue weighted by Gasteiger charge is -2.28. The van der Waals surface area contributed by atoms with Crippen molar-refractivity contribution in [3.05, 3.63) is 87.9 Å². The maximum atomic E-state index is 13.0. The molecule has 0 amide bonds. The lowest BCUT2D eigenvalue weighted by molar-refractivity contribution is 0.391. The van der Waals surface area contributed by atoms with Crippen LogP contribution in [0, 0.1) is 6.92 Å². The summed E-state index contributed by atoms with van der Waals surface area (Å²) in [6.07, 6.45) is 0.570. The number of nitrogens with zero attached hydrogens (tertiary/aromatic N) is 1. The molecule has 0 unspecified atom stereocenters. The Labute approximate surface area is 191 Å². The SMILES string of the molecule is Cc1ccc(S(=O)(=O)N2CCc3ccc(NS(=O)(=O)c4ccc(Br)cc4)cc3C2)cc1. The zero-order valence-electron chi connectivity index (χ0n) is 16.7. The van der Waals surface area contributed by atoms with Crippen LogP contribution in [0.15, 0.2) is 81.0 Å². The number of rotatable bonds is 5. The molecule has 9 heteroatoms. The summed E-state index contributed by atoms with van der Waals surface area (Å²) in [5.41, 5.74) is 3.20. The molecular weight excluding hydrogens is 500 g/mol. The van der Waals surface area contributed by atoms with Crippen LogP contribution >= 0.6 is 15.9 Å². The van der Waals surface area contributed by atoms with Crippen LogP contribution in [0.5, 0.6) is 0 Å². The van der Waals surface area contributed by atoms with Crippen LogP contribution < -0.4 is 4.72 Å². The van der Waals surface area contributed by atoms with Crippen molar-refractivity contribution < 1.29 is 16.8 Å². The zero-order chi connectivity index (χ0) is 22.2. The van der Waals surface area contributed by atoms with Gasteiger partial charge in [0.05, 0.1) is 9.79 Å². The second-order valence-electron chi connectivity index (χ2n) is 7.44. The highest BCUT2D eigenvalue weighted by Gasteiger charge is 2.28. The third-order valence-corrected chi connectivity index (χ3v) is 9.00. The van der Waals surface area contributed by atoms with E-state index in [2.05, 4.69) is 20.7 Å². The predicted octanol–water partition coefficient (Wildman–Crippen LogP) is 4.31. The Hall–Kier alpha value is -2.20. The Kier molecular flexibility index (Phi) is 5.95. The lowest BCUT2D eigenvalue weighted by atomic mass is 10.0. The first-order valence-electron chi connectivity index (χ1n) is 9.62. The van der Waals surface area contributed by atoms with Crippen molar-refractivity contribution in [3.63, 3.8) is 0 Å². The fourth-order valence-electron chi connectivity index (χ4n) is 3.49. The minimum atomic E-state index is -3.75. The molecule has 0 aliphatic carbocycles. The summed E-state index contributed by atoms with van der Waals surface area (Å²) < 4.78 is 56.3. The first-order chi connectivity index (χ1) is 14.6. The average Bonchev–Trinajstić information content (AvgIpc) is 2.73. The van der Waals surface area contributed by atoms with Crippen molar-refractivity contribution >= 4 is 41.7 Å². The van der Waals surface area contributed by atoms with Gasteiger partial charge in [0, 0.05) is 23.2 Å². The van der Waals surface area contributed by atoms with Gasteiger partial charge < -0.3 is 0 Å². The highest BCUT2D eigenvalue weighted by molar-refractivity contribution is 9.10. The van der Waals surface area contributed by atoms with Gasteiger partial charge in [0.15, 0.2) is 0 Å². The van der Waals surface area contributed by atoms with Gasteiger partial charge in [-0.15, -0.1) is 0 Å². The van der Waals surface area contributed by atoms with E-state index in [0.717, 1.165) is 21.2 Å². The third kappa shape index (κ3) is 4.69. The van der Waals surface area contributed by atoms with Crippen LogP contribution in [0.3, 0.4) is 0 Å². The topological polar surface area (TPSA) is 83.6 Å². The molecule has 3 aromatic rings. The number of halogens is 1. The van der Waals surface area contributed by atoms with E-state index in [1.54, 1.807) is 48.5 Å². The predicted molar refractivity (Wildman–Crippen MR) is 124 cm³/mol. The Morgan fingerprint density at radius 1 is 0.839 bits per heavy atom. The molecule has 1 heterocycles. The molecule has 0 bridgehead atoms. The summed E-state index contributed by atoms with van der Waals surface area (Å²) in [6.45, 7) is 2.48. The first kappa shape index (κ1) is 22.0. The van der Waals surface area contributed by atoms with E-state index in [9.17, 15) is 16.8 Å². The van der Waals surface area contributed by atoms with Crippen molar-refractivity contribution in [2.24, 2.45) is 0 Å². The van der Waals surface area contributed by atoms with Crippen LogP contribution in [0.2, 0.25) is 0 Å². The van der Waals surface area contributed by atoms with Crippen molar-refractivity contribution in [2.75, 3.05) is 11.3 Å².